The second-order valence-electron chi connectivity index (χ2n) is 9.66. The van der Waals surface area contributed by atoms with Crippen LogP contribution in [0.4, 0.5) is 17.3 Å². The van der Waals surface area contributed by atoms with Crippen molar-refractivity contribution in [1.29, 1.82) is 0 Å². The van der Waals surface area contributed by atoms with Gasteiger partial charge in [0.05, 0.1) is 18.3 Å². The lowest BCUT2D eigenvalue weighted by Crippen LogP contribution is -2.56. The molecule has 0 saturated heterocycles. The Balaban J connectivity index is 1.42. The molecule has 2 N–H and O–H groups in total. The molecule has 8 heteroatoms. The summed E-state index contributed by atoms with van der Waals surface area (Å²) in [5.41, 5.74) is 4.66. The van der Waals surface area contributed by atoms with Crippen molar-refractivity contribution in [2.24, 2.45) is 0 Å². The van der Waals surface area contributed by atoms with Gasteiger partial charge < -0.3 is 25.2 Å². The fraction of sp³-hybridized carbons (Fsp3) is 0.423. The van der Waals surface area contributed by atoms with E-state index < -0.39 is 5.54 Å². The van der Waals surface area contributed by atoms with Crippen molar-refractivity contribution in [2.75, 3.05) is 45.4 Å². The van der Waals surface area contributed by atoms with Crippen LogP contribution in [-0.4, -0.2) is 66.0 Å². The highest BCUT2D eigenvalue weighted by molar-refractivity contribution is 5.91. The van der Waals surface area contributed by atoms with E-state index >= 15 is 0 Å². The van der Waals surface area contributed by atoms with Crippen LogP contribution in [0.25, 0.3) is 10.9 Å². The molecule has 2 aromatic carbocycles. The summed E-state index contributed by atoms with van der Waals surface area (Å²) >= 11 is 0. The molecule has 1 aromatic heterocycles. The lowest BCUT2D eigenvalue weighted by atomic mass is 9.75. The lowest BCUT2D eigenvalue weighted by Gasteiger charge is -2.43. The minimum Gasteiger partial charge on any atom is -0.495 e. The molecule has 0 spiro atoms. The molecule has 1 saturated carbocycles. The monoisotopic (exact) mass is 460 g/mol. The summed E-state index contributed by atoms with van der Waals surface area (Å²) in [5, 5.41) is 7.79. The van der Waals surface area contributed by atoms with Gasteiger partial charge in [-0.05, 0) is 74.2 Å². The average Bonchev–Trinajstić information content (AvgIpc) is 2.80. The van der Waals surface area contributed by atoms with Gasteiger partial charge in [0.25, 0.3) is 0 Å². The summed E-state index contributed by atoms with van der Waals surface area (Å²) in [7, 11) is 7.44. The Morgan fingerprint density at radius 2 is 2.00 bits per heavy atom. The molecule has 3 aromatic rings. The second kappa shape index (κ2) is 8.76. The highest BCUT2D eigenvalue weighted by atomic mass is 16.5. The predicted octanol–water partition coefficient (Wildman–Crippen LogP) is 3.79. The number of rotatable bonds is 6. The molecule has 5 rings (SSSR count). The number of carbonyl (C=O) groups is 1. The topological polar surface area (TPSA) is 82.6 Å². The zero-order chi connectivity index (χ0) is 23.9. The van der Waals surface area contributed by atoms with Crippen molar-refractivity contribution < 1.29 is 9.53 Å². The Morgan fingerprint density at radius 1 is 1.18 bits per heavy atom. The van der Waals surface area contributed by atoms with Gasteiger partial charge in [-0.15, -0.1) is 0 Å². The molecular weight excluding hydrogens is 428 g/mol. The molecule has 1 amide bonds. The Bertz CT molecular complexity index is 1240. The molecule has 1 aliphatic heterocycles. The first-order chi connectivity index (χ1) is 16.4. The molecule has 0 radical (unpaired) electrons. The van der Waals surface area contributed by atoms with Gasteiger partial charge in [-0.25, -0.2) is 9.97 Å². The fourth-order valence-electron chi connectivity index (χ4n) is 4.90. The van der Waals surface area contributed by atoms with E-state index in [4.69, 9.17) is 9.72 Å². The summed E-state index contributed by atoms with van der Waals surface area (Å²) in [6.07, 6.45) is 5.56. The van der Waals surface area contributed by atoms with Crippen LogP contribution in [0.3, 0.4) is 0 Å². The summed E-state index contributed by atoms with van der Waals surface area (Å²) in [4.78, 5) is 26.0. The summed E-state index contributed by atoms with van der Waals surface area (Å²) in [6, 6.07) is 10.2. The van der Waals surface area contributed by atoms with E-state index in [1.165, 1.54) is 11.1 Å². The minimum atomic E-state index is -0.519. The molecule has 2 aliphatic rings. The summed E-state index contributed by atoms with van der Waals surface area (Å²) in [5.74, 6) is 1.42. The van der Waals surface area contributed by atoms with Crippen molar-refractivity contribution in [1.82, 2.24) is 19.8 Å². The number of hydrogen-bond acceptors (Lipinski definition) is 7. The number of amides is 1. The predicted molar refractivity (Wildman–Crippen MR) is 135 cm³/mol. The first-order valence-corrected chi connectivity index (χ1v) is 11.8. The standard InChI is InChI=1S/C26H32N6O2/c1-31(2)24(33)26(9-5-10-26)30-20-7-6-18-15-27-25(28-21(18)14-20)29-22-12-19-16-32(3)11-8-17(19)13-23(22)34-4/h6-7,12-15,30H,5,8-11,16H2,1-4H3,(H,27,28,29). The summed E-state index contributed by atoms with van der Waals surface area (Å²) < 4.78 is 5.65. The van der Waals surface area contributed by atoms with Crippen molar-refractivity contribution in [3.63, 3.8) is 0 Å². The van der Waals surface area contributed by atoms with Crippen LogP contribution in [-0.2, 0) is 17.8 Å². The van der Waals surface area contributed by atoms with E-state index in [0.29, 0.717) is 5.95 Å². The Kier molecular flexibility index (Phi) is 5.77. The third-order valence-corrected chi connectivity index (χ3v) is 6.96. The fourth-order valence-corrected chi connectivity index (χ4v) is 4.90. The van der Waals surface area contributed by atoms with E-state index in [0.717, 1.165) is 66.8 Å². The van der Waals surface area contributed by atoms with Crippen LogP contribution in [0.2, 0.25) is 0 Å². The van der Waals surface area contributed by atoms with Crippen LogP contribution in [0.1, 0.15) is 30.4 Å². The molecule has 2 heterocycles. The third-order valence-electron chi connectivity index (χ3n) is 6.96. The van der Waals surface area contributed by atoms with Crippen molar-refractivity contribution >= 4 is 34.1 Å². The van der Waals surface area contributed by atoms with E-state index in [1.54, 1.807) is 12.0 Å². The maximum absolute atomic E-state index is 12.8. The van der Waals surface area contributed by atoms with Gasteiger partial charge in [-0.3, -0.25) is 4.79 Å². The van der Waals surface area contributed by atoms with E-state index in [9.17, 15) is 4.79 Å². The number of aromatic nitrogens is 2. The Morgan fingerprint density at radius 3 is 2.71 bits per heavy atom. The molecule has 178 valence electrons. The molecular formula is C26H32N6O2. The summed E-state index contributed by atoms with van der Waals surface area (Å²) in [6.45, 7) is 1.96. The molecule has 34 heavy (non-hydrogen) atoms. The smallest absolute Gasteiger partial charge is 0.247 e. The van der Waals surface area contributed by atoms with Gasteiger partial charge in [0.15, 0.2) is 0 Å². The van der Waals surface area contributed by atoms with Crippen LogP contribution < -0.4 is 15.4 Å². The van der Waals surface area contributed by atoms with Crippen LogP contribution >= 0.6 is 0 Å². The zero-order valence-electron chi connectivity index (χ0n) is 20.3. The highest BCUT2D eigenvalue weighted by Crippen LogP contribution is 2.37. The number of fused-ring (bicyclic) bond motifs is 2. The average molecular weight is 461 g/mol. The highest BCUT2D eigenvalue weighted by Gasteiger charge is 2.45. The number of nitrogens with zero attached hydrogens (tertiary/aromatic N) is 4. The van der Waals surface area contributed by atoms with E-state index in [2.05, 4.69) is 39.7 Å². The molecule has 0 bridgehead atoms. The number of likely N-dealkylation sites (N-methyl/N-ethyl adjacent to an activating group) is 2. The van der Waals surface area contributed by atoms with Crippen molar-refractivity contribution in [3.05, 3.63) is 47.7 Å². The number of methoxy groups -OCH3 is 1. The Labute approximate surface area is 200 Å². The third kappa shape index (κ3) is 4.14. The molecule has 0 unspecified atom stereocenters. The normalized spacial score (nSPS) is 16.9. The van der Waals surface area contributed by atoms with Gasteiger partial charge in [-0.1, -0.05) is 0 Å². The van der Waals surface area contributed by atoms with Crippen molar-refractivity contribution in [3.8, 4) is 5.75 Å². The van der Waals surface area contributed by atoms with Gasteiger partial charge in [0, 0.05) is 44.5 Å². The SMILES string of the molecule is COc1cc2c(cc1Nc1ncc3ccc(NC4(C(=O)N(C)C)CCC4)cc3n1)CN(C)CC2. The number of hydrogen-bond donors (Lipinski definition) is 2. The zero-order valence-corrected chi connectivity index (χ0v) is 20.3. The maximum Gasteiger partial charge on any atom is 0.247 e. The second-order valence-corrected chi connectivity index (χ2v) is 9.66. The first-order valence-electron chi connectivity index (χ1n) is 11.8. The number of carbonyl (C=O) groups excluding carboxylic acids is 1. The largest absolute Gasteiger partial charge is 0.495 e. The Hall–Kier alpha value is -3.39. The van der Waals surface area contributed by atoms with E-state index in [-0.39, 0.29) is 5.91 Å². The molecule has 1 fully saturated rings. The van der Waals surface area contributed by atoms with Gasteiger partial charge in [0.1, 0.15) is 11.3 Å². The number of benzene rings is 2. The van der Waals surface area contributed by atoms with Gasteiger partial charge in [-0.2, -0.15) is 0 Å². The number of anilines is 3. The molecule has 0 atom stereocenters. The lowest BCUT2D eigenvalue weighted by molar-refractivity contribution is -0.136. The number of nitrogens with one attached hydrogen (secondary N) is 2. The van der Waals surface area contributed by atoms with Crippen LogP contribution in [0, 0.1) is 0 Å². The van der Waals surface area contributed by atoms with Gasteiger partial charge in [0.2, 0.25) is 11.9 Å². The maximum atomic E-state index is 12.8. The van der Waals surface area contributed by atoms with Crippen molar-refractivity contribution in [2.45, 2.75) is 37.8 Å². The van der Waals surface area contributed by atoms with Crippen LogP contribution in [0.15, 0.2) is 36.5 Å². The van der Waals surface area contributed by atoms with Crippen LogP contribution in [0.5, 0.6) is 5.75 Å². The van der Waals surface area contributed by atoms with E-state index in [1.807, 2.05) is 38.5 Å². The number of ether oxygens (including phenoxy) is 1. The first kappa shape index (κ1) is 22.4. The minimum absolute atomic E-state index is 0.119. The van der Waals surface area contributed by atoms with Gasteiger partial charge >= 0.3 is 0 Å². The quantitative estimate of drug-likeness (QED) is 0.579. The molecule has 1 aliphatic carbocycles. The molecule has 8 nitrogen and oxygen atoms in total.